The molecule has 0 aliphatic heterocycles. The summed E-state index contributed by atoms with van der Waals surface area (Å²) in [4.78, 5) is 9.63. The number of pyridine rings is 2. The second-order valence-corrected chi connectivity index (χ2v) is 14.3. The summed E-state index contributed by atoms with van der Waals surface area (Å²) >= 11 is -3.01. The minimum absolute atomic E-state index is 0.619. The van der Waals surface area contributed by atoms with E-state index in [1.54, 1.807) is 0 Å². The zero-order chi connectivity index (χ0) is 35.0. The molecule has 0 spiro atoms. The smallest absolute Gasteiger partial charge is 0.577 e. The summed E-state index contributed by atoms with van der Waals surface area (Å²) in [7, 11) is 0. The second-order valence-electron chi connectivity index (χ2n) is 13.0. The fraction of sp³-hybridized carbons (Fsp3) is 0.0435. The number of aromatic nitrogens is 2. The van der Waals surface area contributed by atoms with Crippen LogP contribution in [0.3, 0.4) is 0 Å². The van der Waals surface area contributed by atoms with Crippen LogP contribution in [0.15, 0.2) is 164 Å². The van der Waals surface area contributed by atoms with Gasteiger partial charge in [0, 0.05) is 27.5 Å². The Kier molecular flexibility index (Phi) is 8.25. The van der Waals surface area contributed by atoms with Crippen LogP contribution >= 0.6 is 0 Å². The Balaban J connectivity index is 1.11. The highest BCUT2D eigenvalue weighted by Crippen LogP contribution is 2.37. The highest BCUT2D eigenvalue weighted by Gasteiger charge is 2.45. The highest BCUT2D eigenvalue weighted by atomic mass is 27.3. The number of rotatable bonds is 8. The maximum Gasteiger partial charge on any atom is 1.20 e. The molecule has 52 heavy (non-hydrogen) atoms. The predicted octanol–water partition coefficient (Wildman–Crippen LogP) is 11.6. The maximum atomic E-state index is 6.86. The van der Waals surface area contributed by atoms with E-state index in [4.69, 9.17) is 21.3 Å². The van der Waals surface area contributed by atoms with Gasteiger partial charge in [-0.1, -0.05) is 121 Å². The van der Waals surface area contributed by atoms with Gasteiger partial charge >= 0.3 is 15.1 Å². The van der Waals surface area contributed by atoms with Gasteiger partial charge in [0.1, 0.15) is 22.5 Å². The molecule has 2 aromatic heterocycles. The van der Waals surface area contributed by atoms with Crippen molar-refractivity contribution in [3.8, 4) is 39.5 Å². The summed E-state index contributed by atoms with van der Waals surface area (Å²) < 4.78 is 20.3. The molecule has 9 rings (SSSR count). The summed E-state index contributed by atoms with van der Waals surface area (Å²) in [6.07, 6.45) is 0. The second kappa shape index (κ2) is 13.5. The summed E-state index contributed by atoms with van der Waals surface area (Å²) in [6, 6.07) is 56.3. The minimum Gasteiger partial charge on any atom is -0.577 e. The molecular weight excluding hydrogens is 655 g/mol. The third-order valence-corrected chi connectivity index (χ3v) is 10.8. The Bertz CT molecular complexity index is 2690. The lowest BCUT2D eigenvalue weighted by atomic mass is 9.94. The van der Waals surface area contributed by atoms with E-state index in [-0.39, 0.29) is 0 Å². The van der Waals surface area contributed by atoms with Gasteiger partial charge in [-0.3, -0.25) is 0 Å². The Hall–Kier alpha value is -6.19. The molecule has 0 amide bonds. The van der Waals surface area contributed by atoms with Gasteiger partial charge in [0.2, 0.25) is 0 Å². The van der Waals surface area contributed by atoms with E-state index in [2.05, 4.69) is 103 Å². The molecule has 5 nitrogen and oxygen atoms in total. The molecule has 0 unspecified atom stereocenters. The van der Waals surface area contributed by atoms with Crippen LogP contribution in [0.1, 0.15) is 11.4 Å². The quantitative estimate of drug-likeness (QED) is 0.149. The lowest BCUT2D eigenvalue weighted by molar-refractivity contribution is 0.311. The van der Waals surface area contributed by atoms with Crippen LogP contribution in [0.5, 0.6) is 17.2 Å². The number of benzene rings is 7. The molecule has 0 atom stereocenters. The van der Waals surface area contributed by atoms with Crippen molar-refractivity contribution in [1.29, 1.82) is 0 Å². The molecule has 0 saturated heterocycles. The van der Waals surface area contributed by atoms with E-state index < -0.39 is 15.1 Å². The number of fused-ring (bicyclic) bond motifs is 4. The molecular formula is C46H33AlN2O3. The first-order valence-electron chi connectivity index (χ1n) is 17.4. The maximum absolute atomic E-state index is 6.86. The number of para-hydroxylation sites is 2. The predicted molar refractivity (Wildman–Crippen MR) is 213 cm³/mol. The van der Waals surface area contributed by atoms with Crippen molar-refractivity contribution in [2.24, 2.45) is 0 Å². The zero-order valence-corrected chi connectivity index (χ0v) is 29.9. The summed E-state index contributed by atoms with van der Waals surface area (Å²) in [5, 5.41) is 6.48. The topological polar surface area (TPSA) is 53.5 Å². The lowest BCUT2D eigenvalue weighted by Crippen LogP contribution is -2.37. The molecule has 248 valence electrons. The highest BCUT2D eigenvalue weighted by molar-refractivity contribution is 6.40. The molecule has 0 radical (unpaired) electrons. The Morgan fingerprint density at radius 1 is 0.385 bits per heavy atom. The first-order chi connectivity index (χ1) is 25.6. The molecule has 0 fully saturated rings. The molecule has 0 saturated carbocycles. The monoisotopic (exact) mass is 688 g/mol. The van der Waals surface area contributed by atoms with Crippen molar-refractivity contribution in [3.63, 3.8) is 0 Å². The molecule has 0 aliphatic rings. The Morgan fingerprint density at radius 3 is 1.63 bits per heavy atom. The number of hydrogen-bond donors (Lipinski definition) is 0. The van der Waals surface area contributed by atoms with Crippen molar-refractivity contribution in [3.05, 3.63) is 175 Å². The van der Waals surface area contributed by atoms with Gasteiger partial charge in [0.15, 0.2) is 0 Å². The van der Waals surface area contributed by atoms with Gasteiger partial charge in [-0.25, -0.2) is 9.97 Å². The fourth-order valence-electron chi connectivity index (χ4n) is 6.87. The van der Waals surface area contributed by atoms with Gasteiger partial charge in [0.25, 0.3) is 0 Å². The first kappa shape index (κ1) is 31.8. The van der Waals surface area contributed by atoms with Crippen molar-refractivity contribution in [2.75, 3.05) is 0 Å². The van der Waals surface area contributed by atoms with E-state index in [1.165, 1.54) is 21.9 Å². The van der Waals surface area contributed by atoms with Crippen LogP contribution < -0.4 is 11.4 Å². The van der Waals surface area contributed by atoms with E-state index in [0.29, 0.717) is 17.2 Å². The van der Waals surface area contributed by atoms with E-state index in [0.717, 1.165) is 55.1 Å². The first-order valence-corrected chi connectivity index (χ1v) is 18.8. The van der Waals surface area contributed by atoms with Crippen LogP contribution in [-0.4, -0.2) is 25.1 Å². The minimum atomic E-state index is -3.01. The largest absolute Gasteiger partial charge is 1.20 e. The Morgan fingerprint density at radius 2 is 0.923 bits per heavy atom. The third-order valence-electron chi connectivity index (χ3n) is 9.45. The molecule has 0 aliphatic carbocycles. The summed E-state index contributed by atoms with van der Waals surface area (Å²) in [6.45, 7) is 3.96. The Labute approximate surface area is 307 Å². The van der Waals surface area contributed by atoms with E-state index in [1.807, 2.05) is 74.5 Å². The van der Waals surface area contributed by atoms with Crippen LogP contribution in [0.4, 0.5) is 0 Å². The molecule has 9 aromatic rings. The van der Waals surface area contributed by atoms with E-state index >= 15 is 0 Å². The van der Waals surface area contributed by atoms with Crippen molar-refractivity contribution >= 4 is 58.5 Å². The molecule has 6 heteroatoms. The molecule has 7 aromatic carbocycles. The summed E-state index contributed by atoms with van der Waals surface area (Å²) in [5.41, 5.74) is 7.95. The van der Waals surface area contributed by atoms with Gasteiger partial charge in [-0.15, -0.1) is 0 Å². The zero-order valence-electron chi connectivity index (χ0n) is 28.8. The number of hydrogen-bond acceptors (Lipinski definition) is 5. The molecule has 0 N–H and O–H groups in total. The summed E-state index contributed by atoms with van der Waals surface area (Å²) in [5.74, 6) is 1.93. The van der Waals surface area contributed by atoms with Gasteiger partial charge < -0.3 is 11.4 Å². The van der Waals surface area contributed by atoms with Crippen LogP contribution in [0.2, 0.25) is 0 Å². The van der Waals surface area contributed by atoms with Gasteiger partial charge in [0.05, 0.1) is 5.75 Å². The SMILES string of the molecule is Cc1ccc2cccc([O][Al]([O]c3ccc(-c4cccc(-c5ccc6ccccc6c5)c4)c4ccccc34)[O]c3cccc4ccc(C)nc34)c2n1. The average molecular weight is 689 g/mol. The lowest BCUT2D eigenvalue weighted by Gasteiger charge is -2.20. The van der Waals surface area contributed by atoms with Crippen LogP contribution in [0, 0.1) is 13.8 Å². The van der Waals surface area contributed by atoms with Gasteiger partial charge in [-0.05, 0) is 94.7 Å². The van der Waals surface area contributed by atoms with Crippen LogP contribution in [-0.2, 0) is 0 Å². The fourth-order valence-corrected chi connectivity index (χ4v) is 8.22. The average Bonchev–Trinajstić information content (AvgIpc) is 3.18. The van der Waals surface area contributed by atoms with Gasteiger partial charge in [-0.2, -0.15) is 0 Å². The molecule has 2 heterocycles. The van der Waals surface area contributed by atoms with Crippen LogP contribution in [0.25, 0.3) is 65.6 Å². The van der Waals surface area contributed by atoms with Crippen molar-refractivity contribution in [2.45, 2.75) is 13.8 Å². The number of nitrogens with zero attached hydrogens (tertiary/aromatic N) is 2. The standard InChI is InChI=1S/C26H18O.2C10H9NO.Al/c27-26-15-14-23(24-10-3-4-11-25(24)26)22-9-5-8-20(17-22)21-13-12-18-6-1-2-7-19(18)16-21;2*1-7-5-6-8-3-2-4-9(12)10(8)11-7;/h1-17,27H;2*2-6,12H,1H3;/q;;;+3/p-3. The number of aryl methyl sites for hydroxylation is 2. The van der Waals surface area contributed by atoms with Crippen molar-refractivity contribution < 1.29 is 11.4 Å². The van der Waals surface area contributed by atoms with E-state index in [9.17, 15) is 0 Å². The third kappa shape index (κ3) is 6.20. The normalized spacial score (nSPS) is 11.3. The van der Waals surface area contributed by atoms with Crippen molar-refractivity contribution in [1.82, 2.24) is 9.97 Å². The molecule has 0 bridgehead atoms.